The standard InChI is InChI=1S/C22H16F2N2O5S/c1-11(13-5-3-4-6-14(13)23)31-12-7-8-15(24)17(9-12)26-20(27)18-16(25-22(26)29)10-32-19(18)21(28)30-2/h3-11H,1-2H3,(H,25,29). The zero-order valence-electron chi connectivity index (χ0n) is 16.8. The van der Waals surface area contributed by atoms with E-state index in [1.54, 1.807) is 25.1 Å². The van der Waals surface area contributed by atoms with E-state index in [9.17, 15) is 23.2 Å². The Morgan fingerprint density at radius 3 is 2.59 bits per heavy atom. The summed E-state index contributed by atoms with van der Waals surface area (Å²) in [4.78, 5) is 40.1. The fourth-order valence-corrected chi connectivity index (χ4v) is 4.22. The lowest BCUT2D eigenvalue weighted by molar-refractivity contribution is 0.0608. The van der Waals surface area contributed by atoms with Crippen LogP contribution in [0.3, 0.4) is 0 Å². The van der Waals surface area contributed by atoms with Gasteiger partial charge in [-0.2, -0.15) is 0 Å². The minimum atomic E-state index is -0.894. The molecule has 0 spiro atoms. The Hall–Kier alpha value is -3.79. The molecule has 10 heteroatoms. The highest BCUT2D eigenvalue weighted by Crippen LogP contribution is 2.27. The first-order valence-corrected chi connectivity index (χ1v) is 10.3. The number of nitrogens with zero attached hydrogens (tertiary/aromatic N) is 1. The number of hydrogen-bond acceptors (Lipinski definition) is 6. The number of nitrogens with one attached hydrogen (secondary N) is 1. The number of carbonyl (C=O) groups excluding carboxylic acids is 1. The van der Waals surface area contributed by atoms with Crippen LogP contribution < -0.4 is 16.0 Å². The maximum absolute atomic E-state index is 14.7. The molecule has 0 aliphatic rings. The molecule has 164 valence electrons. The van der Waals surface area contributed by atoms with Gasteiger partial charge in [-0.15, -0.1) is 11.3 Å². The van der Waals surface area contributed by atoms with Crippen molar-refractivity contribution in [3.8, 4) is 11.4 Å². The number of fused-ring (bicyclic) bond motifs is 1. The molecular formula is C22H16F2N2O5S. The lowest BCUT2D eigenvalue weighted by Crippen LogP contribution is -2.34. The van der Waals surface area contributed by atoms with Gasteiger partial charge >= 0.3 is 11.7 Å². The average Bonchev–Trinajstić information content (AvgIpc) is 3.19. The smallest absolute Gasteiger partial charge is 0.348 e. The number of rotatable bonds is 5. The van der Waals surface area contributed by atoms with E-state index in [-0.39, 0.29) is 32.8 Å². The number of esters is 1. The van der Waals surface area contributed by atoms with Crippen molar-refractivity contribution < 1.29 is 23.0 Å². The van der Waals surface area contributed by atoms with E-state index < -0.39 is 35.0 Å². The van der Waals surface area contributed by atoms with Crippen molar-refractivity contribution in [1.82, 2.24) is 9.55 Å². The van der Waals surface area contributed by atoms with Gasteiger partial charge in [-0.25, -0.2) is 22.9 Å². The van der Waals surface area contributed by atoms with Crippen LogP contribution in [0.15, 0.2) is 57.4 Å². The number of methoxy groups -OCH3 is 1. The normalized spacial score (nSPS) is 12.0. The predicted octanol–water partition coefficient (Wildman–Crippen LogP) is 3.95. The van der Waals surface area contributed by atoms with Crippen molar-refractivity contribution in [3.05, 3.63) is 90.8 Å². The summed E-state index contributed by atoms with van der Waals surface area (Å²) >= 11 is 0.925. The Bertz CT molecular complexity index is 1460. The molecule has 1 N–H and O–H groups in total. The van der Waals surface area contributed by atoms with Gasteiger partial charge in [-0.1, -0.05) is 18.2 Å². The van der Waals surface area contributed by atoms with E-state index in [2.05, 4.69) is 9.72 Å². The van der Waals surface area contributed by atoms with Gasteiger partial charge in [0.1, 0.15) is 28.4 Å². The van der Waals surface area contributed by atoms with E-state index in [4.69, 9.17) is 4.74 Å². The summed E-state index contributed by atoms with van der Waals surface area (Å²) in [6.45, 7) is 1.61. The topological polar surface area (TPSA) is 90.4 Å². The third kappa shape index (κ3) is 3.69. The van der Waals surface area contributed by atoms with Gasteiger partial charge < -0.3 is 14.5 Å². The first kappa shape index (κ1) is 21.4. The monoisotopic (exact) mass is 458 g/mol. The van der Waals surface area contributed by atoms with Gasteiger partial charge in [0.15, 0.2) is 0 Å². The first-order valence-electron chi connectivity index (χ1n) is 9.37. The average molecular weight is 458 g/mol. The van der Waals surface area contributed by atoms with Crippen LogP contribution in [0.1, 0.15) is 28.3 Å². The molecule has 0 radical (unpaired) electrons. The summed E-state index contributed by atoms with van der Waals surface area (Å²) in [5, 5.41) is 1.34. The predicted molar refractivity (Wildman–Crippen MR) is 115 cm³/mol. The summed E-state index contributed by atoms with van der Waals surface area (Å²) < 4.78 is 39.7. The van der Waals surface area contributed by atoms with Crippen molar-refractivity contribution in [2.75, 3.05) is 7.11 Å². The van der Waals surface area contributed by atoms with E-state index in [1.807, 2.05) is 0 Å². The molecule has 1 atom stereocenters. The fourth-order valence-electron chi connectivity index (χ4n) is 3.31. The molecule has 32 heavy (non-hydrogen) atoms. The molecule has 0 amide bonds. The van der Waals surface area contributed by atoms with Gasteiger partial charge in [0.25, 0.3) is 5.56 Å². The van der Waals surface area contributed by atoms with Crippen molar-refractivity contribution >= 4 is 28.2 Å². The molecule has 0 saturated carbocycles. The maximum Gasteiger partial charge on any atom is 0.348 e. The van der Waals surface area contributed by atoms with E-state index in [0.717, 1.165) is 24.5 Å². The highest BCUT2D eigenvalue weighted by Gasteiger charge is 2.22. The summed E-state index contributed by atoms with van der Waals surface area (Å²) in [5.74, 6) is -1.97. The Morgan fingerprint density at radius 1 is 1.12 bits per heavy atom. The van der Waals surface area contributed by atoms with Crippen LogP contribution in [-0.4, -0.2) is 22.6 Å². The molecule has 0 saturated heterocycles. The van der Waals surface area contributed by atoms with Crippen LogP contribution in [-0.2, 0) is 4.74 Å². The van der Waals surface area contributed by atoms with Crippen LogP contribution in [0.5, 0.6) is 5.75 Å². The number of ether oxygens (including phenoxy) is 2. The lowest BCUT2D eigenvalue weighted by Gasteiger charge is -2.17. The highest BCUT2D eigenvalue weighted by molar-refractivity contribution is 7.13. The van der Waals surface area contributed by atoms with Crippen LogP contribution in [0.2, 0.25) is 0 Å². The number of benzene rings is 2. The summed E-state index contributed by atoms with van der Waals surface area (Å²) in [6.07, 6.45) is -0.727. The second kappa shape index (κ2) is 8.39. The van der Waals surface area contributed by atoms with E-state index in [0.29, 0.717) is 4.57 Å². The zero-order valence-corrected chi connectivity index (χ0v) is 17.7. The molecule has 2 aromatic heterocycles. The second-order valence-electron chi connectivity index (χ2n) is 6.81. The first-order chi connectivity index (χ1) is 15.3. The fraction of sp³-hybridized carbons (Fsp3) is 0.136. The zero-order chi connectivity index (χ0) is 23.0. The number of aromatic nitrogens is 2. The Balaban J connectivity index is 1.82. The van der Waals surface area contributed by atoms with Crippen LogP contribution in [0.25, 0.3) is 16.6 Å². The third-order valence-electron chi connectivity index (χ3n) is 4.84. The Kier molecular flexibility index (Phi) is 5.62. The summed E-state index contributed by atoms with van der Waals surface area (Å²) in [5.41, 5.74) is -1.73. The molecule has 0 bridgehead atoms. The summed E-state index contributed by atoms with van der Waals surface area (Å²) in [7, 11) is 1.16. The number of aromatic amines is 1. The van der Waals surface area contributed by atoms with Gasteiger partial charge in [-0.3, -0.25) is 4.79 Å². The number of thiophene rings is 1. The SMILES string of the molecule is COC(=O)c1scc2[nH]c(=O)n(-c3cc(OC(C)c4ccccc4F)ccc3F)c(=O)c12. The molecule has 2 aromatic carbocycles. The molecular weight excluding hydrogens is 442 g/mol. The highest BCUT2D eigenvalue weighted by atomic mass is 32.1. The molecule has 4 aromatic rings. The number of carbonyl (C=O) groups is 1. The Labute approximate surface area is 183 Å². The third-order valence-corrected chi connectivity index (χ3v) is 5.80. The lowest BCUT2D eigenvalue weighted by atomic mass is 10.1. The molecule has 7 nitrogen and oxygen atoms in total. The maximum atomic E-state index is 14.7. The van der Waals surface area contributed by atoms with Gasteiger partial charge in [-0.05, 0) is 25.1 Å². The summed E-state index contributed by atoms with van der Waals surface area (Å²) in [6, 6.07) is 9.55. The van der Waals surface area contributed by atoms with Gasteiger partial charge in [0.05, 0.1) is 23.7 Å². The van der Waals surface area contributed by atoms with Crippen molar-refractivity contribution in [3.63, 3.8) is 0 Å². The largest absolute Gasteiger partial charge is 0.486 e. The second-order valence-corrected chi connectivity index (χ2v) is 7.69. The minimum absolute atomic E-state index is 0.0153. The van der Waals surface area contributed by atoms with E-state index >= 15 is 0 Å². The number of hydrogen-bond donors (Lipinski definition) is 1. The molecule has 2 heterocycles. The van der Waals surface area contributed by atoms with E-state index in [1.165, 1.54) is 23.6 Å². The number of halogens is 2. The Morgan fingerprint density at radius 2 is 1.88 bits per heavy atom. The van der Waals surface area contributed by atoms with Crippen molar-refractivity contribution in [2.45, 2.75) is 13.0 Å². The molecule has 0 aliphatic heterocycles. The molecule has 0 fully saturated rings. The molecule has 1 unspecified atom stereocenters. The van der Waals surface area contributed by atoms with Crippen molar-refractivity contribution in [1.29, 1.82) is 0 Å². The van der Waals surface area contributed by atoms with Crippen LogP contribution in [0.4, 0.5) is 8.78 Å². The van der Waals surface area contributed by atoms with Gasteiger partial charge in [0, 0.05) is 17.0 Å². The quantitative estimate of drug-likeness (QED) is 0.458. The molecule has 0 aliphatic carbocycles. The van der Waals surface area contributed by atoms with Crippen LogP contribution >= 0.6 is 11.3 Å². The van der Waals surface area contributed by atoms with Gasteiger partial charge in [0.2, 0.25) is 0 Å². The minimum Gasteiger partial charge on any atom is -0.486 e. The molecule has 4 rings (SSSR count). The van der Waals surface area contributed by atoms with Crippen molar-refractivity contribution in [2.24, 2.45) is 0 Å². The number of H-pyrrole nitrogens is 1. The van der Waals surface area contributed by atoms with Crippen LogP contribution in [0, 0.1) is 11.6 Å².